The fourth-order valence-corrected chi connectivity index (χ4v) is 3.64. The number of rotatable bonds is 25. The third kappa shape index (κ3) is 32.5. The quantitative estimate of drug-likeness (QED) is 0.0841. The van der Waals surface area contributed by atoms with E-state index in [1.54, 1.807) is 0 Å². The first-order chi connectivity index (χ1) is 17.2. The van der Waals surface area contributed by atoms with Gasteiger partial charge in [-0.1, -0.05) is 70.4 Å². The largest absolute Gasteiger partial charge is 0.483 e. The molecule has 8 nitrogen and oxygen atoms in total. The second-order valence-corrected chi connectivity index (χ2v) is 8.69. The number of ether oxygens (including phenoxy) is 1. The van der Waals surface area contributed by atoms with Crippen LogP contribution >= 0.6 is 0 Å². The number of amides is 1. The summed E-state index contributed by atoms with van der Waals surface area (Å²) < 4.78 is 5.26. The van der Waals surface area contributed by atoms with Crippen molar-refractivity contribution in [1.29, 1.82) is 0 Å². The van der Waals surface area contributed by atoms with Crippen molar-refractivity contribution >= 4 is 12.4 Å². The van der Waals surface area contributed by atoms with Crippen LogP contribution in [0.5, 0.6) is 0 Å². The van der Waals surface area contributed by atoms with E-state index in [1.807, 2.05) is 0 Å². The molecule has 0 aromatic carbocycles. The molecule has 0 rings (SSSR count). The molecule has 0 heterocycles. The van der Waals surface area contributed by atoms with Crippen LogP contribution in [0.25, 0.3) is 0 Å². The SMILES string of the molecule is CCCCCCCC/C=C\CCCCCCCC(=O)NCCN(CCO)CCOCCO.O=CO. The van der Waals surface area contributed by atoms with Crippen molar-refractivity contribution in [3.8, 4) is 0 Å². The first-order valence-corrected chi connectivity index (χ1v) is 13.7. The van der Waals surface area contributed by atoms with E-state index in [0.29, 0.717) is 45.8 Å². The number of carbonyl (C=O) groups is 2. The number of hydrogen-bond acceptors (Lipinski definition) is 6. The Morgan fingerprint density at radius 3 is 1.94 bits per heavy atom. The maximum atomic E-state index is 12.0. The standard InChI is InChI=1S/C26H52N2O4.CH2O2/c1-2-3-4-5-6-7-8-9-10-11-12-13-14-15-16-17-26(31)27-18-19-28(20-22-29)21-24-32-25-23-30;2-1-3/h9-10,29-30H,2-8,11-25H2,1H3,(H,27,31);1H,(H,2,3)/b10-9-;. The van der Waals surface area contributed by atoms with Gasteiger partial charge in [-0.25, -0.2) is 0 Å². The van der Waals surface area contributed by atoms with Gasteiger partial charge in [0, 0.05) is 32.6 Å². The van der Waals surface area contributed by atoms with Gasteiger partial charge < -0.3 is 25.4 Å². The summed E-state index contributed by atoms with van der Waals surface area (Å²) in [6, 6.07) is 0. The molecule has 0 radical (unpaired) electrons. The predicted molar refractivity (Wildman–Crippen MR) is 143 cm³/mol. The highest BCUT2D eigenvalue weighted by Gasteiger charge is 2.06. The van der Waals surface area contributed by atoms with Crippen LogP contribution < -0.4 is 5.32 Å². The highest BCUT2D eigenvalue weighted by molar-refractivity contribution is 5.75. The van der Waals surface area contributed by atoms with Crippen LogP contribution in [-0.2, 0) is 14.3 Å². The first kappa shape index (κ1) is 35.7. The zero-order valence-electron chi connectivity index (χ0n) is 22.3. The molecule has 35 heavy (non-hydrogen) atoms. The number of allylic oxidation sites excluding steroid dienone is 2. The van der Waals surface area contributed by atoms with E-state index >= 15 is 0 Å². The number of aliphatic hydroxyl groups excluding tert-OH is 2. The lowest BCUT2D eigenvalue weighted by molar-refractivity contribution is -0.123. The summed E-state index contributed by atoms with van der Waals surface area (Å²) in [7, 11) is 0. The van der Waals surface area contributed by atoms with Crippen molar-refractivity contribution in [2.75, 3.05) is 52.6 Å². The molecule has 1 amide bonds. The molecule has 0 aromatic heterocycles. The van der Waals surface area contributed by atoms with Crippen LogP contribution in [0.3, 0.4) is 0 Å². The average Bonchev–Trinajstić information content (AvgIpc) is 2.84. The van der Waals surface area contributed by atoms with Crippen molar-refractivity contribution in [1.82, 2.24) is 10.2 Å². The molecular formula is C27H54N2O6. The Morgan fingerprint density at radius 2 is 1.37 bits per heavy atom. The Labute approximate surface area is 214 Å². The monoisotopic (exact) mass is 502 g/mol. The fraction of sp³-hybridized carbons (Fsp3) is 0.852. The smallest absolute Gasteiger partial charge is 0.290 e. The number of carbonyl (C=O) groups excluding carboxylic acids is 1. The van der Waals surface area contributed by atoms with Gasteiger partial charge in [-0.2, -0.15) is 0 Å². The number of hydrogen-bond donors (Lipinski definition) is 4. The Kier molecular flexibility index (Phi) is 33.2. The Hall–Kier alpha value is -1.48. The van der Waals surface area contributed by atoms with Crippen LogP contribution in [0, 0.1) is 0 Å². The molecule has 208 valence electrons. The van der Waals surface area contributed by atoms with Gasteiger partial charge in [0.25, 0.3) is 6.47 Å². The second-order valence-electron chi connectivity index (χ2n) is 8.69. The van der Waals surface area contributed by atoms with Crippen LogP contribution in [0.2, 0.25) is 0 Å². The zero-order valence-corrected chi connectivity index (χ0v) is 22.3. The molecule has 4 N–H and O–H groups in total. The molecule has 0 saturated heterocycles. The van der Waals surface area contributed by atoms with Crippen LogP contribution in [0.1, 0.15) is 96.8 Å². The highest BCUT2D eigenvalue weighted by Crippen LogP contribution is 2.10. The summed E-state index contributed by atoms with van der Waals surface area (Å²) in [5, 5.41) is 27.7. The minimum absolute atomic E-state index is 0.0203. The number of unbranched alkanes of at least 4 members (excludes halogenated alkanes) is 11. The summed E-state index contributed by atoms with van der Waals surface area (Å²) in [6.45, 7) is 5.50. The first-order valence-electron chi connectivity index (χ1n) is 13.7. The molecule has 0 atom stereocenters. The average molecular weight is 503 g/mol. The minimum atomic E-state index is -0.250. The Bertz CT molecular complexity index is 463. The Balaban J connectivity index is 0. The molecular weight excluding hydrogens is 448 g/mol. The summed E-state index contributed by atoms with van der Waals surface area (Å²) in [4.78, 5) is 22.4. The summed E-state index contributed by atoms with van der Waals surface area (Å²) in [5.41, 5.74) is 0. The molecule has 8 heteroatoms. The third-order valence-electron chi connectivity index (χ3n) is 5.62. The Morgan fingerprint density at radius 1 is 0.800 bits per heavy atom. The van der Waals surface area contributed by atoms with Crippen molar-refractivity contribution in [2.45, 2.75) is 96.8 Å². The van der Waals surface area contributed by atoms with Crippen molar-refractivity contribution < 1.29 is 29.6 Å². The molecule has 0 aliphatic rings. The molecule has 0 unspecified atom stereocenters. The second kappa shape index (κ2) is 32.5. The van der Waals surface area contributed by atoms with Crippen LogP contribution in [-0.4, -0.2) is 85.2 Å². The van der Waals surface area contributed by atoms with Gasteiger partial charge in [0.05, 0.1) is 26.4 Å². The summed E-state index contributed by atoms with van der Waals surface area (Å²) in [6.07, 6.45) is 21.7. The van der Waals surface area contributed by atoms with Crippen LogP contribution in [0.4, 0.5) is 0 Å². The predicted octanol–water partition coefficient (Wildman–Crippen LogP) is 4.14. The molecule has 0 saturated carbocycles. The summed E-state index contributed by atoms with van der Waals surface area (Å²) in [5.74, 6) is 0.114. The van der Waals surface area contributed by atoms with Gasteiger partial charge in [0.15, 0.2) is 0 Å². The summed E-state index contributed by atoms with van der Waals surface area (Å²) >= 11 is 0. The van der Waals surface area contributed by atoms with Crippen molar-refractivity contribution in [3.63, 3.8) is 0 Å². The maximum Gasteiger partial charge on any atom is 0.290 e. The normalized spacial score (nSPS) is 11.0. The van der Waals surface area contributed by atoms with E-state index in [1.165, 1.54) is 70.6 Å². The molecule has 0 spiro atoms. The van der Waals surface area contributed by atoms with Gasteiger partial charge in [-0.05, 0) is 32.1 Å². The lowest BCUT2D eigenvalue weighted by Gasteiger charge is -2.21. The lowest BCUT2D eigenvalue weighted by atomic mass is 10.1. The maximum absolute atomic E-state index is 12.0. The molecule has 0 aromatic rings. The van der Waals surface area contributed by atoms with Gasteiger partial charge >= 0.3 is 0 Å². The van der Waals surface area contributed by atoms with E-state index < -0.39 is 0 Å². The fourth-order valence-electron chi connectivity index (χ4n) is 3.64. The number of carboxylic acid groups (broad SMARTS) is 1. The number of nitrogens with zero attached hydrogens (tertiary/aromatic N) is 1. The van der Waals surface area contributed by atoms with E-state index in [2.05, 4.69) is 29.3 Å². The lowest BCUT2D eigenvalue weighted by Crippen LogP contribution is -2.38. The van der Waals surface area contributed by atoms with Gasteiger partial charge in [0.1, 0.15) is 0 Å². The zero-order chi connectivity index (χ0) is 26.2. The van der Waals surface area contributed by atoms with Crippen molar-refractivity contribution in [2.24, 2.45) is 0 Å². The van der Waals surface area contributed by atoms with Crippen LogP contribution in [0.15, 0.2) is 12.2 Å². The molecule has 0 aliphatic carbocycles. The molecule has 0 fully saturated rings. The molecule has 0 bridgehead atoms. The molecule has 0 aliphatic heterocycles. The third-order valence-corrected chi connectivity index (χ3v) is 5.62. The van der Waals surface area contributed by atoms with Gasteiger partial charge in [0.2, 0.25) is 5.91 Å². The number of aliphatic hydroxyl groups is 2. The highest BCUT2D eigenvalue weighted by atomic mass is 16.5. The topological polar surface area (TPSA) is 119 Å². The van der Waals surface area contributed by atoms with E-state index in [0.717, 1.165) is 12.8 Å². The minimum Gasteiger partial charge on any atom is -0.483 e. The van der Waals surface area contributed by atoms with Gasteiger partial charge in [-0.15, -0.1) is 0 Å². The van der Waals surface area contributed by atoms with E-state index in [4.69, 9.17) is 24.9 Å². The van der Waals surface area contributed by atoms with E-state index in [-0.39, 0.29) is 25.6 Å². The van der Waals surface area contributed by atoms with E-state index in [9.17, 15) is 4.79 Å². The van der Waals surface area contributed by atoms with Crippen molar-refractivity contribution in [3.05, 3.63) is 12.2 Å². The van der Waals surface area contributed by atoms with Gasteiger partial charge in [-0.3, -0.25) is 14.5 Å². The number of nitrogens with one attached hydrogen (secondary N) is 1.